The zero-order valence-electron chi connectivity index (χ0n) is 17.6. The standard InChI is InChI=1S/C22H26IN5O2S/c1-27(2)21-19-5-3-4-6-20(19)25-22(26-21)28-13-11-16(12-14-28)15-24-31(29,30)18-9-7-17(23)8-10-18/h3-10,16,24H,11-15H2,1-2H3. The molecule has 3 aromatic rings. The van der Waals surface area contributed by atoms with Crippen LogP contribution < -0.4 is 14.5 Å². The highest BCUT2D eigenvalue weighted by atomic mass is 127. The van der Waals surface area contributed by atoms with Crippen molar-refractivity contribution in [1.82, 2.24) is 14.7 Å². The largest absolute Gasteiger partial charge is 0.362 e. The molecule has 1 aromatic heterocycles. The molecule has 0 spiro atoms. The first-order valence-electron chi connectivity index (χ1n) is 10.3. The first-order chi connectivity index (χ1) is 14.8. The molecule has 9 heteroatoms. The summed E-state index contributed by atoms with van der Waals surface area (Å²) >= 11 is 2.16. The van der Waals surface area contributed by atoms with Gasteiger partial charge in [-0.2, -0.15) is 4.98 Å². The van der Waals surface area contributed by atoms with Gasteiger partial charge < -0.3 is 9.80 Å². The van der Waals surface area contributed by atoms with Crippen LogP contribution in [0.2, 0.25) is 0 Å². The number of piperidine rings is 1. The van der Waals surface area contributed by atoms with Gasteiger partial charge in [-0.25, -0.2) is 18.1 Å². The zero-order valence-corrected chi connectivity index (χ0v) is 20.6. The van der Waals surface area contributed by atoms with E-state index in [1.54, 1.807) is 24.3 Å². The SMILES string of the molecule is CN(C)c1nc(N2CCC(CNS(=O)(=O)c3ccc(I)cc3)CC2)nc2ccccc12. The highest BCUT2D eigenvalue weighted by Crippen LogP contribution is 2.27. The minimum Gasteiger partial charge on any atom is -0.362 e. The van der Waals surface area contributed by atoms with Gasteiger partial charge in [0.15, 0.2) is 0 Å². The highest BCUT2D eigenvalue weighted by molar-refractivity contribution is 14.1. The molecule has 0 unspecified atom stereocenters. The third-order valence-corrected chi connectivity index (χ3v) is 7.74. The van der Waals surface area contributed by atoms with E-state index >= 15 is 0 Å². The van der Waals surface area contributed by atoms with E-state index in [2.05, 4.69) is 32.2 Å². The summed E-state index contributed by atoms with van der Waals surface area (Å²) in [6.07, 6.45) is 1.78. The fraction of sp³-hybridized carbons (Fsp3) is 0.364. The second kappa shape index (κ2) is 9.25. The maximum Gasteiger partial charge on any atom is 0.240 e. The molecular formula is C22H26IN5O2S. The Morgan fingerprint density at radius 3 is 2.42 bits per heavy atom. The quantitative estimate of drug-likeness (QED) is 0.473. The molecule has 1 saturated heterocycles. The van der Waals surface area contributed by atoms with Crippen LogP contribution >= 0.6 is 22.6 Å². The van der Waals surface area contributed by atoms with Gasteiger partial charge in [0.05, 0.1) is 10.4 Å². The number of nitrogens with zero attached hydrogens (tertiary/aromatic N) is 4. The van der Waals surface area contributed by atoms with Crippen LogP contribution in [0.1, 0.15) is 12.8 Å². The van der Waals surface area contributed by atoms with Crippen LogP contribution in [-0.2, 0) is 10.0 Å². The molecule has 1 aliphatic heterocycles. The summed E-state index contributed by atoms with van der Waals surface area (Å²) in [5.74, 6) is 1.94. The van der Waals surface area contributed by atoms with Gasteiger partial charge >= 0.3 is 0 Å². The number of fused-ring (bicyclic) bond motifs is 1. The van der Waals surface area contributed by atoms with Crippen LogP contribution in [0.25, 0.3) is 10.9 Å². The normalized spacial score (nSPS) is 15.4. The molecule has 0 aliphatic carbocycles. The highest BCUT2D eigenvalue weighted by Gasteiger charge is 2.24. The van der Waals surface area contributed by atoms with E-state index < -0.39 is 10.0 Å². The van der Waals surface area contributed by atoms with E-state index in [9.17, 15) is 8.42 Å². The van der Waals surface area contributed by atoms with Gasteiger partial charge in [0, 0.05) is 42.7 Å². The molecule has 2 aromatic carbocycles. The van der Waals surface area contributed by atoms with E-state index in [0.717, 1.165) is 52.2 Å². The van der Waals surface area contributed by atoms with Crippen LogP contribution in [0, 0.1) is 9.49 Å². The summed E-state index contributed by atoms with van der Waals surface area (Å²) < 4.78 is 28.9. The third kappa shape index (κ3) is 5.09. The van der Waals surface area contributed by atoms with Crippen LogP contribution in [0.15, 0.2) is 53.4 Å². The molecule has 164 valence electrons. The van der Waals surface area contributed by atoms with Gasteiger partial charge in [-0.05, 0) is 77.7 Å². The average Bonchev–Trinajstić information content (AvgIpc) is 2.77. The molecule has 7 nitrogen and oxygen atoms in total. The second-order valence-corrected chi connectivity index (χ2v) is 11.0. The Balaban J connectivity index is 1.40. The number of benzene rings is 2. The van der Waals surface area contributed by atoms with Crippen LogP contribution in [0.3, 0.4) is 0 Å². The summed E-state index contributed by atoms with van der Waals surface area (Å²) in [5.41, 5.74) is 0.934. The van der Waals surface area contributed by atoms with Crippen molar-refractivity contribution in [2.45, 2.75) is 17.7 Å². The number of sulfonamides is 1. The molecule has 4 rings (SSSR count). The lowest BCUT2D eigenvalue weighted by Crippen LogP contribution is -2.39. The van der Waals surface area contributed by atoms with E-state index in [-0.39, 0.29) is 0 Å². The van der Waals surface area contributed by atoms with Crippen molar-refractivity contribution < 1.29 is 8.42 Å². The Morgan fingerprint density at radius 1 is 1.06 bits per heavy atom. The van der Waals surface area contributed by atoms with Gasteiger partial charge in [0.1, 0.15) is 5.82 Å². The lowest BCUT2D eigenvalue weighted by Gasteiger charge is -2.32. The van der Waals surface area contributed by atoms with Crippen LogP contribution in [0.4, 0.5) is 11.8 Å². The summed E-state index contributed by atoms with van der Waals surface area (Å²) in [6.45, 7) is 2.06. The Morgan fingerprint density at radius 2 is 1.74 bits per heavy atom. The van der Waals surface area contributed by atoms with Crippen molar-refractivity contribution in [3.05, 3.63) is 52.1 Å². The Labute approximate surface area is 197 Å². The third-order valence-electron chi connectivity index (χ3n) is 5.58. The number of anilines is 2. The number of nitrogens with one attached hydrogen (secondary N) is 1. The fourth-order valence-electron chi connectivity index (χ4n) is 3.79. The Kier molecular flexibility index (Phi) is 6.63. The van der Waals surface area contributed by atoms with Crippen molar-refractivity contribution in [1.29, 1.82) is 0 Å². The summed E-state index contributed by atoms with van der Waals surface area (Å²) in [6, 6.07) is 14.9. The minimum absolute atomic E-state index is 0.295. The van der Waals surface area contributed by atoms with Gasteiger partial charge in [0.2, 0.25) is 16.0 Å². The van der Waals surface area contributed by atoms with Crippen LogP contribution in [-0.4, -0.2) is 52.1 Å². The molecule has 2 heterocycles. The number of para-hydroxylation sites is 1. The van der Waals surface area contributed by atoms with Crippen molar-refractivity contribution in [3.8, 4) is 0 Å². The number of halogens is 1. The average molecular weight is 551 g/mol. The number of aromatic nitrogens is 2. The maximum atomic E-state index is 12.5. The van der Waals surface area contributed by atoms with Gasteiger partial charge in [-0.15, -0.1) is 0 Å². The van der Waals surface area contributed by atoms with E-state index in [1.165, 1.54) is 0 Å². The zero-order chi connectivity index (χ0) is 22.0. The second-order valence-electron chi connectivity index (χ2n) is 8.00. The van der Waals surface area contributed by atoms with Crippen molar-refractivity contribution in [2.24, 2.45) is 5.92 Å². The van der Waals surface area contributed by atoms with Gasteiger partial charge in [-0.1, -0.05) is 12.1 Å². The molecule has 0 radical (unpaired) electrons. The number of hydrogen-bond acceptors (Lipinski definition) is 6. The molecule has 0 amide bonds. The molecule has 0 bridgehead atoms. The topological polar surface area (TPSA) is 78.4 Å². The monoisotopic (exact) mass is 551 g/mol. The first kappa shape index (κ1) is 22.2. The van der Waals surface area contributed by atoms with Gasteiger partial charge in [-0.3, -0.25) is 0 Å². The molecule has 1 aliphatic rings. The van der Waals surface area contributed by atoms with Crippen LogP contribution in [0.5, 0.6) is 0 Å². The Bertz CT molecular complexity index is 1160. The molecule has 31 heavy (non-hydrogen) atoms. The van der Waals surface area contributed by atoms with E-state index in [4.69, 9.17) is 9.97 Å². The van der Waals surface area contributed by atoms with Crippen molar-refractivity contribution in [3.63, 3.8) is 0 Å². The summed E-state index contributed by atoms with van der Waals surface area (Å²) in [4.78, 5) is 14.1. The van der Waals surface area contributed by atoms with Gasteiger partial charge in [0.25, 0.3) is 0 Å². The maximum absolute atomic E-state index is 12.5. The molecule has 1 N–H and O–H groups in total. The fourth-order valence-corrected chi connectivity index (χ4v) is 5.27. The number of rotatable bonds is 6. The minimum atomic E-state index is -3.48. The molecule has 1 fully saturated rings. The predicted molar refractivity (Wildman–Crippen MR) is 133 cm³/mol. The van der Waals surface area contributed by atoms with E-state index in [0.29, 0.717) is 17.4 Å². The summed E-state index contributed by atoms with van der Waals surface area (Å²) in [5, 5.41) is 1.04. The number of hydrogen-bond donors (Lipinski definition) is 1. The summed E-state index contributed by atoms with van der Waals surface area (Å²) in [7, 11) is 0.502. The van der Waals surface area contributed by atoms with Crippen molar-refractivity contribution in [2.75, 3.05) is 43.5 Å². The first-order valence-corrected chi connectivity index (χ1v) is 12.8. The molecule has 0 atom stereocenters. The smallest absolute Gasteiger partial charge is 0.240 e. The van der Waals surface area contributed by atoms with Crippen molar-refractivity contribution >= 4 is 55.3 Å². The lowest BCUT2D eigenvalue weighted by atomic mass is 9.97. The molecular weight excluding hydrogens is 525 g/mol. The predicted octanol–water partition coefficient (Wildman–Crippen LogP) is 3.50. The van der Waals surface area contributed by atoms with E-state index in [1.807, 2.05) is 43.3 Å². The lowest BCUT2D eigenvalue weighted by molar-refractivity contribution is 0.399. The Hall–Kier alpha value is -1.98. The molecule has 0 saturated carbocycles.